The summed E-state index contributed by atoms with van der Waals surface area (Å²) in [6, 6.07) is 0. The van der Waals surface area contributed by atoms with Gasteiger partial charge in [-0.15, -0.1) is 0 Å². The molecule has 2 bridgehead atoms. The zero-order valence-electron chi connectivity index (χ0n) is 19.4. The van der Waals surface area contributed by atoms with Crippen LogP contribution < -0.4 is 0 Å². The van der Waals surface area contributed by atoms with Gasteiger partial charge in [-0.25, -0.2) is 0 Å². The molecule has 4 aliphatic carbocycles. The van der Waals surface area contributed by atoms with E-state index in [1.54, 1.807) is 19.3 Å². The second-order valence-corrected chi connectivity index (χ2v) is 13.6. The lowest BCUT2D eigenvalue weighted by atomic mass is 9.35. The van der Waals surface area contributed by atoms with E-state index in [9.17, 15) is 0 Å². The van der Waals surface area contributed by atoms with Crippen LogP contribution in [0.3, 0.4) is 0 Å². The van der Waals surface area contributed by atoms with Gasteiger partial charge in [-0.05, 0) is 97.2 Å². The minimum Gasteiger partial charge on any atom is -0.374 e. The summed E-state index contributed by atoms with van der Waals surface area (Å²) < 4.78 is 6.50. The fourth-order valence-corrected chi connectivity index (χ4v) is 7.46. The summed E-state index contributed by atoms with van der Waals surface area (Å²) in [5, 5.41) is 0. The van der Waals surface area contributed by atoms with Gasteiger partial charge >= 0.3 is 0 Å². The van der Waals surface area contributed by atoms with Crippen molar-refractivity contribution in [2.75, 3.05) is 0 Å². The molecule has 1 saturated heterocycles. The number of hydrogen-bond donors (Lipinski definition) is 0. The van der Waals surface area contributed by atoms with Crippen molar-refractivity contribution >= 4 is 0 Å². The van der Waals surface area contributed by atoms with Crippen LogP contribution in [0.4, 0.5) is 0 Å². The van der Waals surface area contributed by atoms with Gasteiger partial charge in [0.1, 0.15) is 0 Å². The van der Waals surface area contributed by atoms with E-state index in [4.69, 9.17) is 4.74 Å². The van der Waals surface area contributed by atoms with E-state index in [-0.39, 0.29) is 0 Å². The molecule has 0 spiro atoms. The SMILES string of the molecule is CC(C)(C)C1CCC(CC(C)(C)C2CCC(CC(C)(C)C34CC(C3)C4)C2)O1. The first-order valence-corrected chi connectivity index (χ1v) is 12.1. The van der Waals surface area contributed by atoms with Crippen molar-refractivity contribution in [3.05, 3.63) is 0 Å². The summed E-state index contributed by atoms with van der Waals surface area (Å²) in [6.07, 6.45) is 15.3. The van der Waals surface area contributed by atoms with E-state index in [0.717, 1.165) is 23.2 Å². The fraction of sp³-hybridized carbons (Fsp3) is 1.00. The lowest BCUT2D eigenvalue weighted by Gasteiger charge is -2.69. The van der Waals surface area contributed by atoms with Gasteiger partial charge in [0.15, 0.2) is 0 Å². The summed E-state index contributed by atoms with van der Waals surface area (Å²) in [6.45, 7) is 17.3. The Labute approximate surface area is 169 Å². The van der Waals surface area contributed by atoms with Gasteiger partial charge in [-0.1, -0.05) is 54.9 Å². The highest BCUT2D eigenvalue weighted by Gasteiger charge is 2.63. The van der Waals surface area contributed by atoms with Gasteiger partial charge in [0.25, 0.3) is 0 Å². The van der Waals surface area contributed by atoms with Crippen LogP contribution in [0.5, 0.6) is 0 Å². The van der Waals surface area contributed by atoms with E-state index < -0.39 is 0 Å². The highest BCUT2D eigenvalue weighted by atomic mass is 16.5. The minimum absolute atomic E-state index is 0.296. The Hall–Kier alpha value is -0.0400. The van der Waals surface area contributed by atoms with E-state index in [2.05, 4.69) is 48.5 Å². The molecule has 0 amide bonds. The Morgan fingerprint density at radius 1 is 0.815 bits per heavy atom. The van der Waals surface area contributed by atoms with Crippen molar-refractivity contribution in [3.8, 4) is 0 Å². The van der Waals surface area contributed by atoms with Gasteiger partial charge in [-0.2, -0.15) is 0 Å². The maximum Gasteiger partial charge on any atom is 0.0628 e. The van der Waals surface area contributed by atoms with Gasteiger partial charge in [-0.3, -0.25) is 0 Å². The predicted octanol–water partition coefficient (Wildman–Crippen LogP) is 7.63. The molecule has 1 nitrogen and oxygen atoms in total. The average molecular weight is 375 g/mol. The zero-order chi connectivity index (χ0) is 19.7. The summed E-state index contributed by atoms with van der Waals surface area (Å²) in [5.41, 5.74) is 2.07. The molecule has 0 aromatic rings. The van der Waals surface area contributed by atoms with Gasteiger partial charge in [0.2, 0.25) is 0 Å². The van der Waals surface area contributed by atoms with Crippen molar-refractivity contribution < 1.29 is 4.74 Å². The third-order valence-corrected chi connectivity index (χ3v) is 9.75. The molecule has 4 atom stereocenters. The quantitative estimate of drug-likeness (QED) is 0.464. The molecule has 4 saturated carbocycles. The first-order chi connectivity index (χ1) is 12.4. The molecule has 5 aliphatic rings. The standard InChI is InChI=1S/C26H46O/c1-23(2,3)22-11-10-21(27-22)17-24(4,5)20-9-8-18(12-20)13-25(6,7)26-14-19(15-26)16-26/h18-22H,8-17H2,1-7H3. The van der Waals surface area contributed by atoms with Crippen LogP contribution in [-0.4, -0.2) is 12.2 Å². The minimum atomic E-state index is 0.296. The topological polar surface area (TPSA) is 9.23 Å². The molecule has 1 heterocycles. The van der Waals surface area contributed by atoms with Gasteiger partial charge in [0.05, 0.1) is 12.2 Å². The molecule has 4 unspecified atom stereocenters. The Morgan fingerprint density at radius 2 is 1.48 bits per heavy atom. The lowest BCUT2D eigenvalue weighted by Crippen LogP contribution is -2.60. The number of ether oxygens (including phenoxy) is 1. The smallest absolute Gasteiger partial charge is 0.0628 e. The van der Waals surface area contributed by atoms with Crippen LogP contribution in [-0.2, 0) is 4.74 Å². The molecule has 0 aromatic heterocycles. The molecule has 0 N–H and O–H groups in total. The summed E-state index contributed by atoms with van der Waals surface area (Å²) >= 11 is 0. The van der Waals surface area contributed by atoms with Crippen molar-refractivity contribution in [2.24, 2.45) is 39.4 Å². The Kier molecular flexibility index (Phi) is 4.86. The molecular formula is C26H46O. The Morgan fingerprint density at radius 3 is 2.00 bits per heavy atom. The lowest BCUT2D eigenvalue weighted by molar-refractivity contribution is -0.195. The van der Waals surface area contributed by atoms with Crippen molar-refractivity contribution in [1.29, 1.82) is 0 Å². The number of hydrogen-bond acceptors (Lipinski definition) is 1. The highest BCUT2D eigenvalue weighted by molar-refractivity contribution is 5.13. The third kappa shape index (κ3) is 3.64. The second-order valence-electron chi connectivity index (χ2n) is 13.6. The maximum atomic E-state index is 6.50. The molecule has 27 heavy (non-hydrogen) atoms. The molecule has 1 aliphatic heterocycles. The molecule has 5 rings (SSSR count). The largest absolute Gasteiger partial charge is 0.374 e. The zero-order valence-corrected chi connectivity index (χ0v) is 19.4. The molecule has 0 aromatic carbocycles. The van der Waals surface area contributed by atoms with Gasteiger partial charge in [0, 0.05) is 0 Å². The monoisotopic (exact) mass is 374 g/mol. The highest BCUT2D eigenvalue weighted by Crippen LogP contribution is 2.73. The molecule has 0 radical (unpaired) electrons. The maximum absolute atomic E-state index is 6.50. The van der Waals surface area contributed by atoms with E-state index >= 15 is 0 Å². The normalized spacial score (nSPS) is 42.1. The first-order valence-electron chi connectivity index (χ1n) is 12.1. The van der Waals surface area contributed by atoms with E-state index in [0.29, 0.717) is 28.5 Å². The molecule has 156 valence electrons. The van der Waals surface area contributed by atoms with Crippen LogP contribution >= 0.6 is 0 Å². The molecule has 1 heteroatoms. The van der Waals surface area contributed by atoms with Crippen LogP contribution in [0.1, 0.15) is 113 Å². The summed E-state index contributed by atoms with van der Waals surface area (Å²) in [4.78, 5) is 0. The number of rotatable bonds is 6. The van der Waals surface area contributed by atoms with E-state index in [1.165, 1.54) is 44.9 Å². The van der Waals surface area contributed by atoms with Crippen LogP contribution in [0, 0.1) is 39.4 Å². The second kappa shape index (κ2) is 6.48. The average Bonchev–Trinajstić information content (AvgIpc) is 3.01. The van der Waals surface area contributed by atoms with Crippen molar-refractivity contribution in [1.82, 2.24) is 0 Å². The third-order valence-electron chi connectivity index (χ3n) is 9.75. The van der Waals surface area contributed by atoms with Crippen LogP contribution in [0.25, 0.3) is 0 Å². The molecule has 5 fully saturated rings. The fourth-order valence-electron chi connectivity index (χ4n) is 7.46. The Bertz CT molecular complexity index is 534. The van der Waals surface area contributed by atoms with Crippen LogP contribution in [0.2, 0.25) is 0 Å². The molecular weight excluding hydrogens is 328 g/mol. The van der Waals surface area contributed by atoms with Crippen LogP contribution in [0.15, 0.2) is 0 Å². The van der Waals surface area contributed by atoms with Crippen molar-refractivity contribution in [2.45, 2.75) is 125 Å². The summed E-state index contributed by atoms with van der Waals surface area (Å²) in [7, 11) is 0. The van der Waals surface area contributed by atoms with Crippen molar-refractivity contribution in [3.63, 3.8) is 0 Å². The van der Waals surface area contributed by atoms with Gasteiger partial charge < -0.3 is 4.74 Å². The first kappa shape index (κ1) is 20.2. The summed E-state index contributed by atoms with van der Waals surface area (Å²) in [5.74, 6) is 3.00. The van der Waals surface area contributed by atoms with E-state index in [1.807, 2.05) is 0 Å². The Balaban J connectivity index is 1.29. The predicted molar refractivity (Wildman–Crippen MR) is 115 cm³/mol.